The van der Waals surface area contributed by atoms with E-state index in [0.717, 1.165) is 49.6 Å². The largest absolute Gasteiger partial charge is 0.489 e. The number of halogens is 2. The highest BCUT2D eigenvalue weighted by molar-refractivity contribution is 6.35. The molecule has 2 rings (SSSR count). The van der Waals surface area contributed by atoms with E-state index < -0.39 is 0 Å². The highest BCUT2D eigenvalue weighted by atomic mass is 35.5. The Morgan fingerprint density at radius 3 is 2.81 bits per heavy atom. The number of ether oxygens (including phenoxy) is 1. The van der Waals surface area contributed by atoms with Gasteiger partial charge in [0.25, 0.3) is 0 Å². The smallest absolute Gasteiger partial charge is 0.142 e. The van der Waals surface area contributed by atoms with Crippen molar-refractivity contribution in [1.29, 1.82) is 0 Å². The van der Waals surface area contributed by atoms with Gasteiger partial charge in [-0.05, 0) is 50.3 Å². The number of nitrogens with one attached hydrogen (secondary N) is 1. The van der Waals surface area contributed by atoms with Crippen LogP contribution in [0.1, 0.15) is 51.5 Å². The average Bonchev–Trinajstić information content (AvgIpc) is 2.43. The number of benzene rings is 1. The molecule has 0 radical (unpaired) electrons. The summed E-state index contributed by atoms with van der Waals surface area (Å²) in [6, 6.07) is 3.73. The fraction of sp³-hybridized carbons (Fsp3) is 0.647. The lowest BCUT2D eigenvalue weighted by atomic mass is 9.88. The molecule has 0 saturated heterocycles. The summed E-state index contributed by atoms with van der Waals surface area (Å²) in [7, 11) is 0. The number of rotatable bonds is 6. The Bertz CT molecular complexity index is 464. The van der Waals surface area contributed by atoms with Crippen LogP contribution >= 0.6 is 23.2 Å². The molecule has 1 N–H and O–H groups in total. The molecule has 1 aliphatic carbocycles. The molecule has 21 heavy (non-hydrogen) atoms. The molecule has 0 amide bonds. The van der Waals surface area contributed by atoms with E-state index in [4.69, 9.17) is 27.9 Å². The van der Waals surface area contributed by atoms with E-state index >= 15 is 0 Å². The fourth-order valence-electron chi connectivity index (χ4n) is 2.93. The van der Waals surface area contributed by atoms with Crippen LogP contribution in [0.25, 0.3) is 0 Å². The Hall–Kier alpha value is -0.440. The monoisotopic (exact) mass is 329 g/mol. The standard InChI is InChI=1S/C17H25Cl2NO/c1-3-7-20-11-13-9-14(18)10-16(19)17(13)21-15-6-4-5-12(2)8-15/h9-10,12,15,20H,3-8,11H2,1-2H3. The topological polar surface area (TPSA) is 21.3 Å². The lowest BCUT2D eigenvalue weighted by Crippen LogP contribution is -2.25. The molecule has 1 aromatic carbocycles. The molecular formula is C17H25Cl2NO. The van der Waals surface area contributed by atoms with Crippen molar-refractivity contribution in [3.63, 3.8) is 0 Å². The van der Waals surface area contributed by atoms with Crippen molar-refractivity contribution in [3.05, 3.63) is 27.7 Å². The highest BCUT2D eigenvalue weighted by Crippen LogP contribution is 2.36. The zero-order valence-corrected chi connectivity index (χ0v) is 14.4. The van der Waals surface area contributed by atoms with Crippen LogP contribution in [0.3, 0.4) is 0 Å². The Labute approximate surface area is 138 Å². The van der Waals surface area contributed by atoms with Crippen molar-refractivity contribution in [2.75, 3.05) is 6.54 Å². The van der Waals surface area contributed by atoms with Crippen LogP contribution in [0, 0.1) is 5.92 Å². The second-order valence-corrected chi connectivity index (χ2v) is 6.91. The van der Waals surface area contributed by atoms with Gasteiger partial charge in [0.15, 0.2) is 0 Å². The van der Waals surface area contributed by atoms with Crippen molar-refractivity contribution < 1.29 is 4.74 Å². The second kappa shape index (κ2) is 8.26. The summed E-state index contributed by atoms with van der Waals surface area (Å²) >= 11 is 12.5. The summed E-state index contributed by atoms with van der Waals surface area (Å²) in [4.78, 5) is 0. The first-order valence-electron chi connectivity index (χ1n) is 7.95. The summed E-state index contributed by atoms with van der Waals surface area (Å²) in [6.45, 7) is 6.16. The molecule has 1 aliphatic rings. The maximum atomic E-state index is 6.37. The third kappa shape index (κ3) is 5.05. The van der Waals surface area contributed by atoms with Crippen LogP contribution in [0.5, 0.6) is 5.75 Å². The summed E-state index contributed by atoms with van der Waals surface area (Å²) in [5.41, 5.74) is 1.05. The van der Waals surface area contributed by atoms with E-state index in [2.05, 4.69) is 19.2 Å². The minimum atomic E-state index is 0.275. The lowest BCUT2D eigenvalue weighted by molar-refractivity contribution is 0.128. The van der Waals surface area contributed by atoms with Gasteiger partial charge < -0.3 is 10.1 Å². The summed E-state index contributed by atoms with van der Waals surface area (Å²) in [6.07, 6.45) is 6.15. The van der Waals surface area contributed by atoms with E-state index in [-0.39, 0.29) is 6.10 Å². The SMILES string of the molecule is CCCNCc1cc(Cl)cc(Cl)c1OC1CCCC(C)C1. The highest BCUT2D eigenvalue weighted by Gasteiger charge is 2.22. The molecule has 0 aliphatic heterocycles. The first-order chi connectivity index (χ1) is 10.1. The van der Waals surface area contributed by atoms with Crippen LogP contribution in [-0.2, 0) is 6.54 Å². The van der Waals surface area contributed by atoms with Crippen molar-refractivity contribution in [2.24, 2.45) is 5.92 Å². The van der Waals surface area contributed by atoms with E-state index in [1.54, 1.807) is 6.07 Å². The van der Waals surface area contributed by atoms with E-state index in [1.807, 2.05) is 6.07 Å². The minimum absolute atomic E-state index is 0.275. The maximum absolute atomic E-state index is 6.37. The molecule has 4 heteroatoms. The van der Waals surface area contributed by atoms with Crippen LogP contribution in [0.2, 0.25) is 10.0 Å². The molecule has 2 nitrogen and oxygen atoms in total. The van der Waals surface area contributed by atoms with Crippen LogP contribution in [0.4, 0.5) is 0 Å². The molecule has 118 valence electrons. The predicted molar refractivity (Wildman–Crippen MR) is 90.5 cm³/mol. The fourth-order valence-corrected chi connectivity index (χ4v) is 3.51. The Morgan fingerprint density at radius 2 is 2.10 bits per heavy atom. The number of hydrogen-bond acceptors (Lipinski definition) is 2. The van der Waals surface area contributed by atoms with Crippen LogP contribution < -0.4 is 10.1 Å². The summed E-state index contributed by atoms with van der Waals surface area (Å²) in [5.74, 6) is 1.54. The Kier molecular flexibility index (Phi) is 6.66. The van der Waals surface area contributed by atoms with Crippen molar-refractivity contribution in [3.8, 4) is 5.75 Å². The van der Waals surface area contributed by atoms with Crippen LogP contribution in [0.15, 0.2) is 12.1 Å². The van der Waals surface area contributed by atoms with Gasteiger partial charge in [0.05, 0.1) is 11.1 Å². The number of hydrogen-bond donors (Lipinski definition) is 1. The lowest BCUT2D eigenvalue weighted by Gasteiger charge is -2.28. The van der Waals surface area contributed by atoms with Crippen molar-refractivity contribution in [1.82, 2.24) is 5.32 Å². The van der Waals surface area contributed by atoms with Crippen molar-refractivity contribution in [2.45, 2.75) is 58.6 Å². The molecule has 1 saturated carbocycles. The van der Waals surface area contributed by atoms with E-state index in [1.165, 1.54) is 12.8 Å². The molecular weight excluding hydrogens is 305 g/mol. The quantitative estimate of drug-likeness (QED) is 0.700. The van der Waals surface area contributed by atoms with E-state index in [0.29, 0.717) is 10.0 Å². The molecule has 2 atom stereocenters. The van der Waals surface area contributed by atoms with Crippen LogP contribution in [-0.4, -0.2) is 12.6 Å². The normalized spacial score (nSPS) is 22.3. The van der Waals surface area contributed by atoms with Gasteiger partial charge in [-0.15, -0.1) is 0 Å². The van der Waals surface area contributed by atoms with Gasteiger partial charge >= 0.3 is 0 Å². The van der Waals surface area contributed by atoms with Gasteiger partial charge in [-0.1, -0.05) is 43.5 Å². The molecule has 0 heterocycles. The third-order valence-corrected chi connectivity index (χ3v) is 4.50. The first-order valence-corrected chi connectivity index (χ1v) is 8.71. The first kappa shape index (κ1) is 16.9. The minimum Gasteiger partial charge on any atom is -0.489 e. The van der Waals surface area contributed by atoms with Gasteiger partial charge in [-0.2, -0.15) is 0 Å². The average molecular weight is 330 g/mol. The molecule has 0 aromatic heterocycles. The summed E-state index contributed by atoms with van der Waals surface area (Å²) in [5, 5.41) is 4.68. The van der Waals surface area contributed by atoms with Gasteiger partial charge in [-0.25, -0.2) is 0 Å². The van der Waals surface area contributed by atoms with Gasteiger partial charge in [0, 0.05) is 17.1 Å². The Morgan fingerprint density at radius 1 is 1.29 bits per heavy atom. The second-order valence-electron chi connectivity index (χ2n) is 6.06. The Balaban J connectivity index is 2.12. The summed E-state index contributed by atoms with van der Waals surface area (Å²) < 4.78 is 6.24. The molecule has 0 bridgehead atoms. The third-order valence-electron chi connectivity index (χ3n) is 4.00. The van der Waals surface area contributed by atoms with E-state index in [9.17, 15) is 0 Å². The zero-order chi connectivity index (χ0) is 15.2. The molecule has 2 unspecified atom stereocenters. The molecule has 1 fully saturated rings. The van der Waals surface area contributed by atoms with Crippen molar-refractivity contribution >= 4 is 23.2 Å². The van der Waals surface area contributed by atoms with Gasteiger partial charge in [-0.3, -0.25) is 0 Å². The van der Waals surface area contributed by atoms with Gasteiger partial charge in [0.1, 0.15) is 5.75 Å². The zero-order valence-electron chi connectivity index (χ0n) is 12.9. The maximum Gasteiger partial charge on any atom is 0.142 e. The predicted octanol–water partition coefficient (Wildman–Crippen LogP) is 5.45. The van der Waals surface area contributed by atoms with Gasteiger partial charge in [0.2, 0.25) is 0 Å². The molecule has 0 spiro atoms. The molecule has 1 aromatic rings.